The van der Waals surface area contributed by atoms with Crippen LogP contribution in [0.4, 0.5) is 0 Å². The molecule has 0 bridgehead atoms. The van der Waals surface area contributed by atoms with Crippen LogP contribution in [0.15, 0.2) is 59.1 Å². The number of ether oxygens (including phenoxy) is 1. The van der Waals surface area contributed by atoms with Crippen LogP contribution in [0.2, 0.25) is 5.02 Å². The first kappa shape index (κ1) is 20.5. The van der Waals surface area contributed by atoms with Crippen molar-refractivity contribution in [3.05, 3.63) is 71.1 Å². The number of esters is 1. The van der Waals surface area contributed by atoms with Gasteiger partial charge < -0.3 is 14.2 Å². The molecule has 1 aromatic heterocycles. The van der Waals surface area contributed by atoms with E-state index in [0.717, 1.165) is 11.1 Å². The zero-order chi connectivity index (χ0) is 20.6. The molecule has 0 aliphatic rings. The Balaban J connectivity index is 1.41. The quantitative estimate of drug-likeness (QED) is 0.525. The zero-order valence-electron chi connectivity index (χ0n) is 15.9. The highest BCUT2D eigenvalue weighted by Gasteiger charge is 2.15. The zero-order valence-corrected chi connectivity index (χ0v) is 16.6. The molecule has 0 atom stereocenters. The first-order valence-corrected chi connectivity index (χ1v) is 9.41. The molecule has 29 heavy (non-hydrogen) atoms. The molecule has 0 spiro atoms. The van der Waals surface area contributed by atoms with Gasteiger partial charge in [0.15, 0.2) is 6.61 Å². The fraction of sp³-hybridized carbons (Fsp3) is 0.238. The molecular weight excluding hydrogens is 394 g/mol. The van der Waals surface area contributed by atoms with Gasteiger partial charge in [-0.05, 0) is 17.7 Å². The summed E-state index contributed by atoms with van der Waals surface area (Å²) in [5.74, 6) is -0.00608. The maximum atomic E-state index is 12.1. The number of nitrogens with zero attached hydrogens (tertiary/aromatic N) is 3. The highest BCUT2D eigenvalue weighted by Crippen LogP contribution is 2.15. The van der Waals surface area contributed by atoms with Crippen molar-refractivity contribution in [3.8, 4) is 11.4 Å². The fourth-order valence-corrected chi connectivity index (χ4v) is 2.80. The van der Waals surface area contributed by atoms with E-state index in [4.69, 9.17) is 20.9 Å². The minimum absolute atomic E-state index is 0.0434. The van der Waals surface area contributed by atoms with Gasteiger partial charge in [-0.1, -0.05) is 59.2 Å². The van der Waals surface area contributed by atoms with Crippen LogP contribution in [-0.4, -0.2) is 40.6 Å². The summed E-state index contributed by atoms with van der Waals surface area (Å²) in [6.45, 7) is 0.0518. The number of hydrogen-bond acceptors (Lipinski definition) is 6. The van der Waals surface area contributed by atoms with Crippen LogP contribution in [0.1, 0.15) is 17.9 Å². The molecule has 1 heterocycles. The molecule has 0 aliphatic heterocycles. The smallest absolute Gasteiger partial charge is 0.306 e. The molecule has 0 unspecified atom stereocenters. The third-order valence-corrected chi connectivity index (χ3v) is 4.37. The number of aryl methyl sites for hydroxylation is 1. The third-order valence-electron chi connectivity index (χ3n) is 4.13. The van der Waals surface area contributed by atoms with Crippen molar-refractivity contribution in [3.63, 3.8) is 0 Å². The van der Waals surface area contributed by atoms with E-state index in [1.807, 2.05) is 42.5 Å². The molecule has 7 nitrogen and oxygen atoms in total. The Morgan fingerprint density at radius 2 is 1.93 bits per heavy atom. The number of likely N-dealkylation sites (N-methyl/N-ethyl adjacent to an activating group) is 1. The highest BCUT2D eigenvalue weighted by molar-refractivity contribution is 6.30. The molecule has 0 saturated carbocycles. The van der Waals surface area contributed by atoms with Crippen LogP contribution in [-0.2, 0) is 27.3 Å². The lowest BCUT2D eigenvalue weighted by Crippen LogP contribution is -2.30. The van der Waals surface area contributed by atoms with Gasteiger partial charge in [-0.15, -0.1) is 0 Å². The van der Waals surface area contributed by atoms with E-state index in [1.54, 1.807) is 19.2 Å². The van der Waals surface area contributed by atoms with E-state index in [1.165, 1.54) is 4.90 Å². The van der Waals surface area contributed by atoms with Gasteiger partial charge in [0.2, 0.25) is 11.7 Å². The van der Waals surface area contributed by atoms with Crippen LogP contribution in [0, 0.1) is 0 Å². The maximum absolute atomic E-state index is 12.1. The molecule has 0 radical (unpaired) electrons. The lowest BCUT2D eigenvalue weighted by atomic mass is 10.2. The molecular formula is C21H20ClN3O4. The van der Waals surface area contributed by atoms with E-state index in [2.05, 4.69) is 10.1 Å². The number of amides is 1. The van der Waals surface area contributed by atoms with Crippen molar-refractivity contribution < 1.29 is 18.8 Å². The van der Waals surface area contributed by atoms with E-state index in [9.17, 15) is 9.59 Å². The Hall–Kier alpha value is -3.19. The number of carbonyl (C=O) groups is 2. The monoisotopic (exact) mass is 413 g/mol. The maximum Gasteiger partial charge on any atom is 0.306 e. The number of carbonyl (C=O) groups excluding carboxylic acids is 2. The van der Waals surface area contributed by atoms with Crippen LogP contribution < -0.4 is 0 Å². The molecule has 1 amide bonds. The van der Waals surface area contributed by atoms with E-state index >= 15 is 0 Å². The lowest BCUT2D eigenvalue weighted by Gasteiger charge is -2.17. The number of rotatable bonds is 8. The number of halogens is 1. The summed E-state index contributed by atoms with van der Waals surface area (Å²) in [7, 11) is 1.64. The van der Waals surface area contributed by atoms with Gasteiger partial charge in [0, 0.05) is 30.6 Å². The van der Waals surface area contributed by atoms with Crippen molar-refractivity contribution in [2.75, 3.05) is 13.7 Å². The summed E-state index contributed by atoms with van der Waals surface area (Å²) >= 11 is 5.94. The van der Waals surface area contributed by atoms with E-state index in [-0.39, 0.29) is 25.4 Å². The van der Waals surface area contributed by atoms with Crippen molar-refractivity contribution >= 4 is 23.5 Å². The minimum atomic E-state index is -0.506. The van der Waals surface area contributed by atoms with E-state index < -0.39 is 5.97 Å². The summed E-state index contributed by atoms with van der Waals surface area (Å²) in [5, 5.41) is 4.50. The molecule has 0 saturated heterocycles. The van der Waals surface area contributed by atoms with Gasteiger partial charge in [-0.25, -0.2) is 0 Å². The van der Waals surface area contributed by atoms with Gasteiger partial charge >= 0.3 is 5.97 Å². The normalized spacial score (nSPS) is 10.6. The second-order valence-electron chi connectivity index (χ2n) is 6.42. The highest BCUT2D eigenvalue weighted by atomic mass is 35.5. The first-order valence-electron chi connectivity index (χ1n) is 9.03. The Morgan fingerprint density at radius 1 is 1.14 bits per heavy atom. The SMILES string of the molecule is CN(Cc1cccc(Cl)c1)C(=O)COC(=O)CCc1nc(-c2ccccc2)no1. The first-order chi connectivity index (χ1) is 14.0. The van der Waals surface area contributed by atoms with Crippen molar-refractivity contribution in [2.24, 2.45) is 0 Å². The standard InChI is InChI=1S/C21H20ClN3O4/c1-25(13-15-6-5-9-17(22)12-15)19(26)14-28-20(27)11-10-18-23-21(24-29-18)16-7-3-2-4-8-16/h2-9,12H,10-11,13-14H2,1H3. The fourth-order valence-electron chi connectivity index (χ4n) is 2.59. The minimum Gasteiger partial charge on any atom is -0.456 e. The number of benzene rings is 2. The second kappa shape index (κ2) is 9.84. The van der Waals surface area contributed by atoms with Gasteiger partial charge in [0.25, 0.3) is 5.91 Å². The molecule has 0 aliphatic carbocycles. The van der Waals surface area contributed by atoms with Gasteiger partial charge in [0.1, 0.15) is 0 Å². The summed E-state index contributed by atoms with van der Waals surface area (Å²) in [5.41, 5.74) is 1.73. The average Bonchev–Trinajstić information content (AvgIpc) is 3.20. The molecule has 8 heteroatoms. The van der Waals surface area contributed by atoms with Crippen LogP contribution in [0.5, 0.6) is 0 Å². The van der Waals surface area contributed by atoms with Crippen molar-refractivity contribution in [1.29, 1.82) is 0 Å². The van der Waals surface area contributed by atoms with Crippen LogP contribution >= 0.6 is 11.6 Å². The van der Waals surface area contributed by atoms with Crippen molar-refractivity contribution in [2.45, 2.75) is 19.4 Å². The Morgan fingerprint density at radius 3 is 2.69 bits per heavy atom. The van der Waals surface area contributed by atoms with E-state index in [0.29, 0.717) is 23.3 Å². The largest absolute Gasteiger partial charge is 0.456 e. The molecule has 0 N–H and O–H groups in total. The van der Waals surface area contributed by atoms with Crippen LogP contribution in [0.25, 0.3) is 11.4 Å². The summed E-state index contributed by atoms with van der Waals surface area (Å²) < 4.78 is 10.2. The molecule has 150 valence electrons. The average molecular weight is 414 g/mol. The Bertz CT molecular complexity index is 975. The number of hydrogen-bond donors (Lipinski definition) is 0. The lowest BCUT2D eigenvalue weighted by molar-refractivity contribution is -0.151. The van der Waals surface area contributed by atoms with Crippen LogP contribution in [0.3, 0.4) is 0 Å². The number of aromatic nitrogens is 2. The molecule has 0 fully saturated rings. The summed E-state index contributed by atoms with van der Waals surface area (Å²) in [4.78, 5) is 29.8. The summed E-state index contributed by atoms with van der Waals surface area (Å²) in [6, 6.07) is 16.6. The predicted molar refractivity (Wildman–Crippen MR) is 107 cm³/mol. The van der Waals surface area contributed by atoms with Gasteiger partial charge in [0.05, 0.1) is 6.42 Å². The van der Waals surface area contributed by atoms with Crippen molar-refractivity contribution in [1.82, 2.24) is 15.0 Å². The Kier molecular flexibility index (Phi) is 6.97. The predicted octanol–water partition coefficient (Wildman–Crippen LogP) is 3.52. The summed E-state index contributed by atoms with van der Waals surface area (Å²) in [6.07, 6.45) is 0.285. The topological polar surface area (TPSA) is 85.5 Å². The van der Waals surface area contributed by atoms with Gasteiger partial charge in [-0.3, -0.25) is 9.59 Å². The second-order valence-corrected chi connectivity index (χ2v) is 6.85. The molecule has 2 aromatic carbocycles. The Labute approximate surface area is 173 Å². The third kappa shape index (κ3) is 6.15. The van der Waals surface area contributed by atoms with Gasteiger partial charge in [-0.2, -0.15) is 4.98 Å². The molecule has 3 aromatic rings. The molecule has 3 rings (SSSR count).